The third-order valence-electron chi connectivity index (χ3n) is 3.44. The number of aliphatic hydroxyl groups excluding tert-OH is 1. The molecule has 4 heteroatoms. The summed E-state index contributed by atoms with van der Waals surface area (Å²) in [4.78, 5) is 6.45. The van der Waals surface area contributed by atoms with Gasteiger partial charge >= 0.3 is 0 Å². The van der Waals surface area contributed by atoms with Crippen molar-refractivity contribution < 1.29 is 9.50 Å². The van der Waals surface area contributed by atoms with Gasteiger partial charge in [-0.25, -0.2) is 4.39 Å². The predicted molar refractivity (Wildman–Crippen MR) is 67.6 cm³/mol. The second kappa shape index (κ2) is 4.63. The molecule has 3 rings (SSSR count). The average molecular weight is 246 g/mol. The zero-order chi connectivity index (χ0) is 12.5. The smallest absolute Gasteiger partial charge is 0.132 e. The molecule has 1 saturated heterocycles. The molecule has 1 aromatic carbocycles. The molecule has 0 saturated carbocycles. The van der Waals surface area contributed by atoms with Crippen LogP contribution in [-0.4, -0.2) is 34.2 Å². The minimum Gasteiger partial charge on any atom is -0.392 e. The molecule has 0 amide bonds. The number of aliphatic hydroxyl groups is 1. The van der Waals surface area contributed by atoms with Crippen LogP contribution in [0.3, 0.4) is 0 Å². The number of fused-ring (bicyclic) bond motifs is 1. The molecule has 1 N–H and O–H groups in total. The Bertz CT molecular complexity index is 573. The van der Waals surface area contributed by atoms with Gasteiger partial charge in [-0.3, -0.25) is 9.88 Å². The molecule has 2 aromatic rings. The lowest BCUT2D eigenvalue weighted by Crippen LogP contribution is -2.21. The van der Waals surface area contributed by atoms with Crippen molar-refractivity contribution >= 4 is 10.9 Å². The number of nitrogens with zero attached hydrogens (tertiary/aromatic N) is 2. The molecule has 0 bridgehead atoms. The maximum Gasteiger partial charge on any atom is 0.132 e. The summed E-state index contributed by atoms with van der Waals surface area (Å²) in [7, 11) is 0. The first-order valence-corrected chi connectivity index (χ1v) is 6.16. The molecule has 1 fully saturated rings. The first-order chi connectivity index (χ1) is 8.74. The minimum atomic E-state index is -0.233. The van der Waals surface area contributed by atoms with Crippen LogP contribution >= 0.6 is 0 Å². The summed E-state index contributed by atoms with van der Waals surface area (Å²) in [5, 5.41) is 10.1. The van der Waals surface area contributed by atoms with E-state index in [-0.39, 0.29) is 11.9 Å². The van der Waals surface area contributed by atoms with Crippen molar-refractivity contribution in [3.05, 3.63) is 41.8 Å². The summed E-state index contributed by atoms with van der Waals surface area (Å²) in [5.41, 5.74) is 1.74. The Morgan fingerprint density at radius 2 is 2.28 bits per heavy atom. The average Bonchev–Trinajstić information content (AvgIpc) is 2.79. The molecule has 0 aliphatic carbocycles. The highest BCUT2D eigenvalue weighted by Crippen LogP contribution is 2.22. The van der Waals surface area contributed by atoms with Gasteiger partial charge in [-0.2, -0.15) is 0 Å². The topological polar surface area (TPSA) is 36.4 Å². The van der Waals surface area contributed by atoms with Gasteiger partial charge in [-0.15, -0.1) is 0 Å². The van der Waals surface area contributed by atoms with E-state index >= 15 is 0 Å². The van der Waals surface area contributed by atoms with E-state index in [2.05, 4.69) is 9.88 Å². The van der Waals surface area contributed by atoms with E-state index in [1.807, 2.05) is 0 Å². The summed E-state index contributed by atoms with van der Waals surface area (Å²) < 4.78 is 13.6. The highest BCUT2D eigenvalue weighted by molar-refractivity contribution is 5.82. The van der Waals surface area contributed by atoms with Crippen LogP contribution in [-0.2, 0) is 6.54 Å². The van der Waals surface area contributed by atoms with E-state index in [9.17, 15) is 9.50 Å². The fourth-order valence-electron chi connectivity index (χ4n) is 2.52. The van der Waals surface area contributed by atoms with E-state index in [0.29, 0.717) is 18.5 Å². The number of β-amino-alcohol motifs (C(OH)–C–C–N with tert-alkyl or cyclic N) is 1. The molecule has 1 aliphatic heterocycles. The van der Waals surface area contributed by atoms with Crippen LogP contribution in [0.1, 0.15) is 12.0 Å². The molecule has 0 radical (unpaired) electrons. The fourth-order valence-corrected chi connectivity index (χ4v) is 2.52. The van der Waals surface area contributed by atoms with Gasteiger partial charge in [0.25, 0.3) is 0 Å². The van der Waals surface area contributed by atoms with Gasteiger partial charge in [0.2, 0.25) is 0 Å². The zero-order valence-corrected chi connectivity index (χ0v) is 10.0. The molecule has 0 unspecified atom stereocenters. The van der Waals surface area contributed by atoms with Crippen molar-refractivity contribution in [1.29, 1.82) is 0 Å². The third-order valence-corrected chi connectivity index (χ3v) is 3.44. The highest BCUT2D eigenvalue weighted by atomic mass is 19.1. The molecular formula is C14H15FN2O. The number of hydrogen-bond acceptors (Lipinski definition) is 3. The summed E-state index contributed by atoms with van der Waals surface area (Å²) in [5.74, 6) is -0.233. The molecular weight excluding hydrogens is 231 g/mol. The molecule has 1 atom stereocenters. The Hall–Kier alpha value is -1.52. The van der Waals surface area contributed by atoms with Crippen molar-refractivity contribution in [2.24, 2.45) is 0 Å². The first-order valence-electron chi connectivity index (χ1n) is 6.16. The van der Waals surface area contributed by atoms with Crippen LogP contribution in [0.25, 0.3) is 10.9 Å². The van der Waals surface area contributed by atoms with Crippen molar-refractivity contribution in [1.82, 2.24) is 9.88 Å². The van der Waals surface area contributed by atoms with E-state index in [0.717, 1.165) is 24.0 Å². The van der Waals surface area contributed by atoms with Crippen LogP contribution < -0.4 is 0 Å². The van der Waals surface area contributed by atoms with Crippen LogP contribution in [0.2, 0.25) is 0 Å². The number of hydrogen-bond donors (Lipinski definition) is 1. The predicted octanol–water partition coefficient (Wildman–Crippen LogP) is 1.94. The number of aromatic nitrogens is 1. The zero-order valence-electron chi connectivity index (χ0n) is 10.0. The SMILES string of the molecule is O[C@H]1CCN(Cc2ccc(F)c3cccnc23)C1. The molecule has 1 aromatic heterocycles. The van der Waals surface area contributed by atoms with Crippen molar-refractivity contribution in [2.75, 3.05) is 13.1 Å². The molecule has 18 heavy (non-hydrogen) atoms. The van der Waals surface area contributed by atoms with Crippen molar-refractivity contribution in [2.45, 2.75) is 19.1 Å². The van der Waals surface area contributed by atoms with E-state index < -0.39 is 0 Å². The molecule has 2 heterocycles. The normalized spacial score (nSPS) is 20.7. The maximum absolute atomic E-state index is 13.6. The lowest BCUT2D eigenvalue weighted by molar-refractivity contribution is 0.175. The van der Waals surface area contributed by atoms with Crippen LogP contribution in [0, 0.1) is 5.82 Å². The summed E-state index contributed by atoms with van der Waals surface area (Å²) in [6.45, 7) is 2.28. The fraction of sp³-hybridized carbons (Fsp3) is 0.357. The van der Waals surface area contributed by atoms with Gasteiger partial charge < -0.3 is 5.11 Å². The quantitative estimate of drug-likeness (QED) is 0.879. The molecule has 3 nitrogen and oxygen atoms in total. The summed E-state index contributed by atoms with van der Waals surface area (Å²) >= 11 is 0. The van der Waals surface area contributed by atoms with Crippen LogP contribution in [0.5, 0.6) is 0 Å². The second-order valence-corrected chi connectivity index (χ2v) is 4.78. The lowest BCUT2D eigenvalue weighted by Gasteiger charge is -2.16. The third kappa shape index (κ3) is 2.09. The van der Waals surface area contributed by atoms with Gasteiger partial charge in [0.05, 0.1) is 11.6 Å². The van der Waals surface area contributed by atoms with E-state index in [4.69, 9.17) is 0 Å². The van der Waals surface area contributed by atoms with Gasteiger partial charge in [0, 0.05) is 31.2 Å². The van der Waals surface area contributed by atoms with Crippen molar-refractivity contribution in [3.63, 3.8) is 0 Å². The van der Waals surface area contributed by atoms with Crippen molar-refractivity contribution in [3.8, 4) is 0 Å². The van der Waals surface area contributed by atoms with Crippen LogP contribution in [0.15, 0.2) is 30.5 Å². The number of benzene rings is 1. The molecule has 0 spiro atoms. The largest absolute Gasteiger partial charge is 0.392 e. The van der Waals surface area contributed by atoms with Gasteiger partial charge in [0.1, 0.15) is 5.82 Å². The highest BCUT2D eigenvalue weighted by Gasteiger charge is 2.21. The first kappa shape index (κ1) is 11.6. The van der Waals surface area contributed by atoms with E-state index in [1.165, 1.54) is 6.07 Å². The van der Waals surface area contributed by atoms with Gasteiger partial charge in [0.15, 0.2) is 0 Å². The second-order valence-electron chi connectivity index (χ2n) is 4.78. The maximum atomic E-state index is 13.6. The van der Waals surface area contributed by atoms with Gasteiger partial charge in [-0.1, -0.05) is 6.07 Å². The number of rotatable bonds is 2. The minimum absolute atomic E-state index is 0.232. The monoisotopic (exact) mass is 246 g/mol. The lowest BCUT2D eigenvalue weighted by atomic mass is 10.1. The number of likely N-dealkylation sites (tertiary alicyclic amines) is 1. The Morgan fingerprint density at radius 1 is 1.39 bits per heavy atom. The Balaban J connectivity index is 1.95. The molecule has 94 valence electrons. The number of pyridine rings is 1. The Morgan fingerprint density at radius 3 is 3.06 bits per heavy atom. The number of halogens is 1. The molecule has 1 aliphatic rings. The summed E-state index contributed by atoms with van der Waals surface area (Å²) in [6.07, 6.45) is 2.26. The summed E-state index contributed by atoms with van der Waals surface area (Å²) in [6, 6.07) is 6.77. The van der Waals surface area contributed by atoms with Crippen LogP contribution in [0.4, 0.5) is 4.39 Å². The standard InChI is InChI=1S/C14H15FN2O/c15-13-4-3-10(8-17-7-5-11(18)9-17)14-12(13)2-1-6-16-14/h1-4,6,11,18H,5,7-9H2/t11-/m0/s1. The van der Waals surface area contributed by atoms with E-state index in [1.54, 1.807) is 24.4 Å². The Kier molecular flexibility index (Phi) is 2.97. The van der Waals surface area contributed by atoms with Gasteiger partial charge in [-0.05, 0) is 30.2 Å². The Labute approximate surface area is 105 Å².